The van der Waals surface area contributed by atoms with Crippen molar-refractivity contribution in [3.63, 3.8) is 0 Å². The fourth-order valence-electron chi connectivity index (χ4n) is 4.48. The number of nitrogens with zero attached hydrogens (tertiary/aromatic N) is 3. The van der Waals surface area contributed by atoms with Crippen LogP contribution in [0.3, 0.4) is 0 Å². The summed E-state index contributed by atoms with van der Waals surface area (Å²) in [5, 5.41) is 4.30. The first-order valence-electron chi connectivity index (χ1n) is 12.3. The van der Waals surface area contributed by atoms with Gasteiger partial charge in [-0.2, -0.15) is 0 Å². The molecule has 0 saturated heterocycles. The Labute approximate surface area is 233 Å². The molecule has 1 atom stereocenters. The predicted molar refractivity (Wildman–Crippen MR) is 159 cm³/mol. The van der Waals surface area contributed by atoms with Gasteiger partial charge in [0.15, 0.2) is 5.11 Å². The van der Waals surface area contributed by atoms with Gasteiger partial charge in [0.05, 0.1) is 11.4 Å². The maximum Gasteiger partial charge on any atom is 0.272 e. The molecule has 1 aliphatic rings. The van der Waals surface area contributed by atoms with Crippen LogP contribution < -0.4 is 10.2 Å². The molecule has 0 radical (unpaired) electrons. The van der Waals surface area contributed by atoms with E-state index in [0.717, 1.165) is 27.9 Å². The molecule has 0 bridgehead atoms. The number of hydrogen-bond donors (Lipinski definition) is 1. The zero-order valence-electron chi connectivity index (χ0n) is 20.9. The molecule has 0 saturated carbocycles. The van der Waals surface area contributed by atoms with E-state index >= 15 is 0 Å². The molecule has 1 heterocycles. The lowest BCUT2D eigenvalue weighted by molar-refractivity contribution is -0.119. The van der Waals surface area contributed by atoms with Crippen molar-refractivity contribution >= 4 is 46.2 Å². The van der Waals surface area contributed by atoms with Crippen molar-refractivity contribution in [3.05, 3.63) is 136 Å². The second kappa shape index (κ2) is 11.6. The highest BCUT2D eigenvalue weighted by Gasteiger charge is 2.31. The second-order valence-corrected chi connectivity index (χ2v) is 9.90. The number of benzodiazepines with no additional fused rings is 1. The van der Waals surface area contributed by atoms with Crippen molar-refractivity contribution in [2.75, 3.05) is 11.9 Å². The molecule has 7 heteroatoms. The van der Waals surface area contributed by atoms with Gasteiger partial charge >= 0.3 is 0 Å². The molecule has 4 aromatic carbocycles. The summed E-state index contributed by atoms with van der Waals surface area (Å²) in [6.45, 7) is 1.17. The van der Waals surface area contributed by atoms with Crippen LogP contribution in [-0.2, 0) is 17.9 Å². The third-order valence-corrected chi connectivity index (χ3v) is 7.04. The number of halogens is 1. The molecule has 0 fully saturated rings. The Kier molecular flexibility index (Phi) is 7.82. The van der Waals surface area contributed by atoms with Crippen LogP contribution in [0, 0.1) is 0 Å². The number of carbonyl (C=O) groups is 1. The molecule has 5 rings (SSSR count). The first-order valence-corrected chi connectivity index (χ1v) is 13.1. The van der Waals surface area contributed by atoms with Crippen LogP contribution in [0.25, 0.3) is 0 Å². The fourth-order valence-corrected chi connectivity index (χ4v) is 4.89. The van der Waals surface area contributed by atoms with E-state index in [4.69, 9.17) is 28.8 Å². The van der Waals surface area contributed by atoms with E-state index in [2.05, 4.69) is 34.5 Å². The summed E-state index contributed by atoms with van der Waals surface area (Å²) in [5.41, 5.74) is 5.34. The topological polar surface area (TPSA) is 47.9 Å². The lowest BCUT2D eigenvalue weighted by Crippen LogP contribution is -2.50. The molecule has 190 valence electrons. The lowest BCUT2D eigenvalue weighted by atomic mass is 10.0. The molecule has 1 unspecified atom stereocenters. The number of rotatable bonds is 6. The van der Waals surface area contributed by atoms with Gasteiger partial charge in [-0.3, -0.25) is 4.79 Å². The predicted octanol–water partition coefficient (Wildman–Crippen LogP) is 6.06. The summed E-state index contributed by atoms with van der Waals surface area (Å²) in [7, 11) is 1.75. The van der Waals surface area contributed by atoms with Gasteiger partial charge in [-0.15, -0.1) is 0 Å². The van der Waals surface area contributed by atoms with Gasteiger partial charge < -0.3 is 15.1 Å². The number of thiocarbonyl (C=S) groups is 1. The maximum atomic E-state index is 13.7. The van der Waals surface area contributed by atoms with Gasteiger partial charge in [0.25, 0.3) is 5.91 Å². The maximum absolute atomic E-state index is 13.7. The summed E-state index contributed by atoms with van der Waals surface area (Å²) >= 11 is 12.3. The van der Waals surface area contributed by atoms with Crippen LogP contribution in [-0.4, -0.2) is 34.8 Å². The van der Waals surface area contributed by atoms with Crippen LogP contribution >= 0.6 is 23.8 Å². The lowest BCUT2D eigenvalue weighted by Gasteiger charge is -2.29. The van der Waals surface area contributed by atoms with Crippen LogP contribution in [0.15, 0.2) is 114 Å². The van der Waals surface area contributed by atoms with Crippen molar-refractivity contribution in [1.29, 1.82) is 0 Å². The van der Waals surface area contributed by atoms with E-state index in [1.807, 2.05) is 78.9 Å². The van der Waals surface area contributed by atoms with E-state index in [1.165, 1.54) is 0 Å². The summed E-state index contributed by atoms with van der Waals surface area (Å²) in [4.78, 5) is 22.3. The van der Waals surface area contributed by atoms with Gasteiger partial charge in [-0.25, -0.2) is 4.99 Å². The number of likely N-dealkylation sites (N-methyl/N-ethyl adjacent to an activating group) is 1. The third kappa shape index (κ3) is 5.77. The minimum absolute atomic E-state index is 0.207. The van der Waals surface area contributed by atoms with Crippen LogP contribution in [0.5, 0.6) is 0 Å². The Balaban J connectivity index is 1.50. The number of aliphatic imine (C=N–C) groups is 1. The SMILES string of the molecule is CN1C(=O)C(NC(=S)N(Cc2ccccc2)Cc2ccccc2)N=C(c2ccccc2)c2cc(Cl)ccc21. The monoisotopic (exact) mass is 538 g/mol. The van der Waals surface area contributed by atoms with Gasteiger partial charge in [0, 0.05) is 36.3 Å². The highest BCUT2D eigenvalue weighted by atomic mass is 35.5. The van der Waals surface area contributed by atoms with Crippen LogP contribution in [0.4, 0.5) is 5.69 Å². The van der Waals surface area contributed by atoms with E-state index in [1.54, 1.807) is 18.0 Å². The number of fused-ring (bicyclic) bond motifs is 1. The number of anilines is 1. The quantitative estimate of drug-likeness (QED) is 0.303. The van der Waals surface area contributed by atoms with Crippen LogP contribution in [0.2, 0.25) is 5.02 Å². The molecule has 5 nitrogen and oxygen atoms in total. The molecule has 4 aromatic rings. The third-order valence-electron chi connectivity index (χ3n) is 6.42. The average molecular weight is 539 g/mol. The average Bonchev–Trinajstić information content (AvgIpc) is 3.04. The van der Waals surface area contributed by atoms with Crippen molar-refractivity contribution in [1.82, 2.24) is 10.2 Å². The summed E-state index contributed by atoms with van der Waals surface area (Å²) < 4.78 is 0. The van der Waals surface area contributed by atoms with Gasteiger partial charge in [-0.1, -0.05) is 103 Å². The number of nitrogens with one attached hydrogen (secondary N) is 1. The molecular weight excluding hydrogens is 512 g/mol. The minimum Gasteiger partial charge on any atom is -0.341 e. The Hall–Kier alpha value is -4.00. The molecule has 0 spiro atoms. The van der Waals surface area contributed by atoms with Crippen molar-refractivity contribution in [2.24, 2.45) is 4.99 Å². The zero-order chi connectivity index (χ0) is 26.5. The Morgan fingerprint density at radius 3 is 2.03 bits per heavy atom. The Morgan fingerprint density at radius 2 is 1.45 bits per heavy atom. The van der Waals surface area contributed by atoms with Gasteiger partial charge in [-0.05, 0) is 41.5 Å². The number of hydrogen-bond acceptors (Lipinski definition) is 3. The van der Waals surface area contributed by atoms with E-state index in [9.17, 15) is 4.79 Å². The van der Waals surface area contributed by atoms with E-state index in [0.29, 0.717) is 28.9 Å². The normalized spacial score (nSPS) is 14.8. The van der Waals surface area contributed by atoms with Crippen molar-refractivity contribution in [2.45, 2.75) is 19.3 Å². The van der Waals surface area contributed by atoms with Crippen molar-refractivity contribution in [3.8, 4) is 0 Å². The number of amides is 1. The Bertz CT molecular complexity index is 1420. The second-order valence-electron chi connectivity index (χ2n) is 9.08. The molecule has 1 amide bonds. The summed E-state index contributed by atoms with van der Waals surface area (Å²) in [6, 6.07) is 35.6. The molecule has 1 aliphatic heterocycles. The number of benzene rings is 4. The highest BCUT2D eigenvalue weighted by molar-refractivity contribution is 7.80. The summed E-state index contributed by atoms with van der Waals surface area (Å²) in [6.07, 6.45) is -0.914. The van der Waals surface area contributed by atoms with Gasteiger partial charge in [0.2, 0.25) is 6.17 Å². The summed E-state index contributed by atoms with van der Waals surface area (Å²) in [5.74, 6) is -0.207. The fraction of sp³-hybridized carbons (Fsp3) is 0.129. The minimum atomic E-state index is -0.914. The standard InChI is InChI=1S/C31H27ClN4OS/c1-35-27-18-17-25(32)19-26(27)28(24-15-9-4-10-16-24)33-29(30(35)37)34-31(38)36(20-22-11-5-2-6-12-22)21-23-13-7-3-8-14-23/h2-19,29H,20-21H2,1H3,(H,34,38). The zero-order valence-corrected chi connectivity index (χ0v) is 22.5. The first kappa shape index (κ1) is 25.6. The molecule has 38 heavy (non-hydrogen) atoms. The molecular formula is C31H27ClN4OS. The first-order chi connectivity index (χ1) is 18.5. The van der Waals surface area contributed by atoms with Crippen molar-refractivity contribution < 1.29 is 4.79 Å². The molecule has 0 aliphatic carbocycles. The van der Waals surface area contributed by atoms with E-state index in [-0.39, 0.29) is 5.91 Å². The van der Waals surface area contributed by atoms with Gasteiger partial charge in [0.1, 0.15) is 0 Å². The largest absolute Gasteiger partial charge is 0.341 e. The smallest absolute Gasteiger partial charge is 0.272 e. The molecule has 1 N–H and O–H groups in total. The molecule has 0 aromatic heterocycles. The van der Waals surface area contributed by atoms with Crippen LogP contribution in [0.1, 0.15) is 22.3 Å². The highest BCUT2D eigenvalue weighted by Crippen LogP contribution is 2.30. The Morgan fingerprint density at radius 1 is 0.895 bits per heavy atom. The van der Waals surface area contributed by atoms with E-state index < -0.39 is 6.17 Å². The number of carbonyl (C=O) groups excluding carboxylic acids is 1.